The van der Waals surface area contributed by atoms with Crippen molar-refractivity contribution in [3.8, 4) is 0 Å². The number of nitrogens with one attached hydrogen (secondary N) is 1. The molecule has 1 aromatic heterocycles. The van der Waals surface area contributed by atoms with E-state index in [4.69, 9.17) is 23.2 Å². The van der Waals surface area contributed by atoms with Gasteiger partial charge in [0.25, 0.3) is 0 Å². The number of hydrogen-bond donors (Lipinski definition) is 1. The van der Waals surface area contributed by atoms with Crippen molar-refractivity contribution in [2.24, 2.45) is 5.41 Å². The third kappa shape index (κ3) is 3.93. The molecule has 0 amide bonds. The van der Waals surface area contributed by atoms with Gasteiger partial charge in [0.05, 0.1) is 10.0 Å². The lowest BCUT2D eigenvalue weighted by Crippen LogP contribution is -2.30. The summed E-state index contributed by atoms with van der Waals surface area (Å²) in [6.45, 7) is 7.38. The molecule has 0 unspecified atom stereocenters. The van der Waals surface area contributed by atoms with E-state index in [-0.39, 0.29) is 5.41 Å². The molecule has 0 saturated carbocycles. The van der Waals surface area contributed by atoms with Gasteiger partial charge in [-0.3, -0.25) is 0 Å². The van der Waals surface area contributed by atoms with Crippen molar-refractivity contribution < 1.29 is 0 Å². The molecule has 96 valence electrons. The Balaban J connectivity index is 3.05. The number of pyridine rings is 1. The minimum atomic E-state index is 0.180. The summed E-state index contributed by atoms with van der Waals surface area (Å²) < 4.78 is 0. The van der Waals surface area contributed by atoms with Gasteiger partial charge < -0.3 is 10.2 Å². The van der Waals surface area contributed by atoms with Crippen LogP contribution in [0.1, 0.15) is 20.8 Å². The Morgan fingerprint density at radius 1 is 1.29 bits per heavy atom. The lowest BCUT2D eigenvalue weighted by molar-refractivity contribution is 0.418. The standard InChI is InChI=1S/C12H19Cl2N3/c1-12(2,3)7-17(5)11-9(14)6-8(13)10(15-4)16-11/h6H,7H2,1-5H3,(H,15,16). The Labute approximate surface area is 113 Å². The zero-order chi connectivity index (χ0) is 13.2. The van der Waals surface area contributed by atoms with Gasteiger partial charge in [0.15, 0.2) is 0 Å². The zero-order valence-electron chi connectivity index (χ0n) is 10.9. The van der Waals surface area contributed by atoms with Crippen LogP contribution in [-0.4, -0.2) is 25.6 Å². The normalized spacial score (nSPS) is 11.5. The molecule has 1 rings (SSSR count). The molecule has 0 bridgehead atoms. The third-order valence-electron chi connectivity index (χ3n) is 2.22. The second-order valence-corrected chi connectivity index (χ2v) is 6.11. The number of halogens is 2. The smallest absolute Gasteiger partial charge is 0.149 e. The molecule has 1 heterocycles. The molecule has 0 aliphatic carbocycles. The maximum absolute atomic E-state index is 6.17. The molecule has 0 fully saturated rings. The van der Waals surface area contributed by atoms with Gasteiger partial charge in [-0.25, -0.2) is 4.98 Å². The van der Waals surface area contributed by atoms with E-state index in [2.05, 4.69) is 31.1 Å². The quantitative estimate of drug-likeness (QED) is 0.907. The average molecular weight is 276 g/mol. The summed E-state index contributed by atoms with van der Waals surface area (Å²) in [4.78, 5) is 6.47. The Kier molecular flexibility index (Phi) is 4.50. The summed E-state index contributed by atoms with van der Waals surface area (Å²) in [5.74, 6) is 1.39. The fraction of sp³-hybridized carbons (Fsp3) is 0.583. The van der Waals surface area contributed by atoms with Crippen LogP contribution in [0.3, 0.4) is 0 Å². The summed E-state index contributed by atoms with van der Waals surface area (Å²) in [6, 6.07) is 1.72. The first-order valence-corrected chi connectivity index (χ1v) is 6.25. The molecule has 0 saturated heterocycles. The van der Waals surface area contributed by atoms with Crippen LogP contribution in [-0.2, 0) is 0 Å². The fourth-order valence-electron chi connectivity index (χ4n) is 1.69. The molecule has 0 aromatic carbocycles. The molecule has 0 aliphatic rings. The molecule has 5 heteroatoms. The molecular weight excluding hydrogens is 257 g/mol. The van der Waals surface area contributed by atoms with Crippen molar-refractivity contribution >= 4 is 34.8 Å². The van der Waals surface area contributed by atoms with E-state index >= 15 is 0 Å². The predicted molar refractivity (Wildman–Crippen MR) is 76.5 cm³/mol. The highest BCUT2D eigenvalue weighted by Gasteiger charge is 2.18. The van der Waals surface area contributed by atoms with Crippen molar-refractivity contribution in [3.05, 3.63) is 16.1 Å². The minimum absolute atomic E-state index is 0.180. The molecule has 1 N–H and O–H groups in total. The summed E-state index contributed by atoms with van der Waals surface area (Å²) in [5, 5.41) is 4.06. The molecule has 0 aliphatic heterocycles. The molecule has 3 nitrogen and oxygen atoms in total. The van der Waals surface area contributed by atoms with Gasteiger partial charge in [-0.2, -0.15) is 0 Å². The van der Waals surface area contributed by atoms with E-state index in [9.17, 15) is 0 Å². The van der Waals surface area contributed by atoms with E-state index in [1.165, 1.54) is 0 Å². The Morgan fingerprint density at radius 3 is 2.35 bits per heavy atom. The average Bonchev–Trinajstić information content (AvgIpc) is 2.14. The first-order valence-electron chi connectivity index (χ1n) is 5.49. The fourth-order valence-corrected chi connectivity index (χ4v) is 2.28. The topological polar surface area (TPSA) is 28.2 Å². The van der Waals surface area contributed by atoms with Gasteiger partial charge in [0.1, 0.15) is 11.6 Å². The van der Waals surface area contributed by atoms with Crippen LogP contribution >= 0.6 is 23.2 Å². The molecule has 0 spiro atoms. The van der Waals surface area contributed by atoms with Crippen LogP contribution < -0.4 is 10.2 Å². The van der Waals surface area contributed by atoms with Gasteiger partial charge >= 0.3 is 0 Å². The second kappa shape index (κ2) is 5.32. The highest BCUT2D eigenvalue weighted by Crippen LogP contribution is 2.31. The SMILES string of the molecule is CNc1nc(N(C)CC(C)(C)C)c(Cl)cc1Cl. The Hall–Kier alpha value is -0.670. The van der Waals surface area contributed by atoms with Crippen LogP contribution in [0.5, 0.6) is 0 Å². The molecule has 1 aromatic rings. The first kappa shape index (κ1) is 14.4. The second-order valence-electron chi connectivity index (χ2n) is 5.29. The van der Waals surface area contributed by atoms with Gasteiger partial charge in [0.2, 0.25) is 0 Å². The van der Waals surface area contributed by atoms with Gasteiger partial charge in [-0.1, -0.05) is 44.0 Å². The molecule has 0 atom stereocenters. The molecule has 17 heavy (non-hydrogen) atoms. The number of anilines is 2. The maximum Gasteiger partial charge on any atom is 0.149 e. The summed E-state index contributed by atoms with van der Waals surface area (Å²) in [5.41, 5.74) is 0.180. The first-order chi connectivity index (χ1) is 7.74. The summed E-state index contributed by atoms with van der Waals surface area (Å²) in [7, 11) is 3.77. The molecule has 0 radical (unpaired) electrons. The lowest BCUT2D eigenvalue weighted by Gasteiger charge is -2.28. The van der Waals surface area contributed by atoms with Crippen LogP contribution in [0.25, 0.3) is 0 Å². The highest BCUT2D eigenvalue weighted by molar-refractivity contribution is 6.37. The van der Waals surface area contributed by atoms with Crippen molar-refractivity contribution in [1.29, 1.82) is 0 Å². The summed E-state index contributed by atoms with van der Waals surface area (Å²) >= 11 is 12.2. The van der Waals surface area contributed by atoms with Crippen LogP contribution in [0, 0.1) is 5.41 Å². The number of rotatable bonds is 3. The van der Waals surface area contributed by atoms with Gasteiger partial charge in [0, 0.05) is 20.6 Å². The number of nitrogens with zero attached hydrogens (tertiary/aromatic N) is 2. The van der Waals surface area contributed by atoms with Crippen molar-refractivity contribution in [2.45, 2.75) is 20.8 Å². The Morgan fingerprint density at radius 2 is 1.88 bits per heavy atom. The minimum Gasteiger partial charge on any atom is -0.372 e. The van der Waals surface area contributed by atoms with Crippen LogP contribution in [0.2, 0.25) is 10.0 Å². The van der Waals surface area contributed by atoms with Gasteiger partial charge in [-0.15, -0.1) is 0 Å². The monoisotopic (exact) mass is 275 g/mol. The number of aromatic nitrogens is 1. The van der Waals surface area contributed by atoms with E-state index < -0.39 is 0 Å². The number of hydrogen-bond acceptors (Lipinski definition) is 3. The lowest BCUT2D eigenvalue weighted by atomic mass is 9.96. The van der Waals surface area contributed by atoms with Gasteiger partial charge in [-0.05, 0) is 11.5 Å². The van der Waals surface area contributed by atoms with Crippen molar-refractivity contribution in [3.63, 3.8) is 0 Å². The van der Waals surface area contributed by atoms with Crippen LogP contribution in [0.4, 0.5) is 11.6 Å². The maximum atomic E-state index is 6.17. The van der Waals surface area contributed by atoms with Crippen molar-refractivity contribution in [2.75, 3.05) is 30.9 Å². The zero-order valence-corrected chi connectivity index (χ0v) is 12.4. The Bertz CT molecular complexity index is 399. The summed E-state index contributed by atoms with van der Waals surface area (Å²) in [6.07, 6.45) is 0. The van der Waals surface area contributed by atoms with E-state index in [0.717, 1.165) is 12.4 Å². The third-order valence-corrected chi connectivity index (χ3v) is 2.79. The van der Waals surface area contributed by atoms with Crippen molar-refractivity contribution in [1.82, 2.24) is 4.98 Å². The molecular formula is C12H19Cl2N3. The van der Waals surface area contributed by atoms with E-state index in [1.54, 1.807) is 13.1 Å². The van der Waals surface area contributed by atoms with E-state index in [0.29, 0.717) is 15.9 Å². The largest absolute Gasteiger partial charge is 0.372 e. The van der Waals surface area contributed by atoms with E-state index in [1.807, 2.05) is 11.9 Å². The highest BCUT2D eigenvalue weighted by atomic mass is 35.5. The predicted octanol–water partition coefficient (Wildman–Crippen LogP) is 3.91. The van der Waals surface area contributed by atoms with Crippen LogP contribution in [0.15, 0.2) is 6.07 Å².